The second kappa shape index (κ2) is 11.6. The van der Waals surface area contributed by atoms with Gasteiger partial charge in [0.2, 0.25) is 5.88 Å². The fourth-order valence-electron chi connectivity index (χ4n) is 5.22. The largest absolute Gasteiger partial charge is 0.481 e. The first-order valence-electron chi connectivity index (χ1n) is 12.1. The minimum absolute atomic E-state index is 0. The highest BCUT2D eigenvalue weighted by Gasteiger charge is 2.51. The first kappa shape index (κ1) is 28.3. The van der Waals surface area contributed by atoms with E-state index in [1.807, 2.05) is 6.07 Å². The highest BCUT2D eigenvalue weighted by molar-refractivity contribution is 5.98. The topological polar surface area (TPSA) is 150 Å². The number of carbonyl (C=O) groups is 2. The number of anilines is 1. The van der Waals surface area contributed by atoms with Crippen molar-refractivity contribution in [2.24, 2.45) is 0 Å². The van der Waals surface area contributed by atoms with Crippen molar-refractivity contribution in [3.05, 3.63) is 47.1 Å². The van der Waals surface area contributed by atoms with E-state index in [9.17, 15) is 14.4 Å². The van der Waals surface area contributed by atoms with Crippen molar-refractivity contribution >= 4 is 53.7 Å². The zero-order valence-electron chi connectivity index (χ0n) is 20.8. The van der Waals surface area contributed by atoms with E-state index in [0.29, 0.717) is 43.2 Å². The predicted octanol–water partition coefficient (Wildman–Crippen LogP) is 1.73. The number of carbonyl (C=O) groups excluding carboxylic acids is 2. The lowest BCUT2D eigenvalue weighted by Crippen LogP contribution is -2.56. The lowest BCUT2D eigenvalue weighted by molar-refractivity contribution is -0.131. The molecule has 39 heavy (non-hydrogen) atoms. The quantitative estimate of drug-likeness (QED) is 0.441. The maximum atomic E-state index is 12.8. The molecule has 2 amide bonds. The molecule has 1 unspecified atom stereocenters. The number of ether oxygens (including phenoxy) is 3. The molecule has 2 aliphatic heterocycles. The van der Waals surface area contributed by atoms with Crippen molar-refractivity contribution in [2.45, 2.75) is 50.2 Å². The second-order valence-corrected chi connectivity index (χ2v) is 9.15. The fraction of sp³-hybridized carbons (Fsp3) is 0.417. The van der Waals surface area contributed by atoms with Crippen molar-refractivity contribution in [3.8, 4) is 11.6 Å². The van der Waals surface area contributed by atoms with E-state index in [0.717, 1.165) is 11.8 Å². The minimum atomic E-state index is -1.15. The summed E-state index contributed by atoms with van der Waals surface area (Å²) in [4.78, 5) is 51.7. The van der Waals surface area contributed by atoms with E-state index in [1.54, 1.807) is 16.7 Å². The molecular formula is C24H27Cl2N7O6. The number of amides is 2. The maximum absolute atomic E-state index is 12.8. The molecule has 13 nitrogen and oxygen atoms in total. The number of rotatable bonds is 6. The molecule has 0 bridgehead atoms. The van der Waals surface area contributed by atoms with Gasteiger partial charge in [0.25, 0.3) is 17.7 Å². The molecule has 6 rings (SSSR count). The van der Waals surface area contributed by atoms with Crippen molar-refractivity contribution in [1.29, 1.82) is 0 Å². The number of fused-ring (bicyclic) bond motifs is 3. The molecule has 0 spiro atoms. The Morgan fingerprint density at radius 1 is 1.13 bits per heavy atom. The summed E-state index contributed by atoms with van der Waals surface area (Å²) in [7, 11) is 1.54. The number of hydrogen-bond acceptors (Lipinski definition) is 10. The Bertz CT molecular complexity index is 1440. The number of hydrogen-bond donors (Lipinski definition) is 2. The van der Waals surface area contributed by atoms with Gasteiger partial charge in [-0.2, -0.15) is 4.98 Å². The number of halogens is 2. The van der Waals surface area contributed by atoms with Crippen LogP contribution in [0.4, 0.5) is 10.6 Å². The maximum Gasteiger partial charge on any atom is 0.413 e. The summed E-state index contributed by atoms with van der Waals surface area (Å²) in [6, 6.07) is 6.70. The van der Waals surface area contributed by atoms with Gasteiger partial charge in [-0.1, -0.05) is 0 Å². The van der Waals surface area contributed by atoms with Gasteiger partial charge in [0, 0.05) is 43.1 Å². The first-order chi connectivity index (χ1) is 18.0. The number of nitrogens with zero attached hydrogens (tertiary/aromatic N) is 5. The zero-order valence-corrected chi connectivity index (χ0v) is 22.4. The third-order valence-corrected chi connectivity index (χ3v) is 7.00. The van der Waals surface area contributed by atoms with Crippen LogP contribution in [-0.4, -0.2) is 74.5 Å². The molecular weight excluding hydrogens is 553 g/mol. The van der Waals surface area contributed by atoms with Crippen molar-refractivity contribution in [2.75, 3.05) is 19.0 Å². The molecule has 15 heteroatoms. The molecule has 2 N–H and O–H groups in total. The number of methoxy groups -OCH3 is 1. The minimum Gasteiger partial charge on any atom is -0.481 e. The standard InChI is InChI=1S/C24H25N7O6.2ClH/c1-35-18-6-2-13-3-7-19(32)30(21(13)28-18)9-8-26-14-4-5-15-16(10-14)37-24(34)31(15)23-22(33)29-20-17(36-23)11-25-12-27-20;;/h2-3,6-7,11-12,14-16,23,26H,4-5,8-10H2,1H3,(H,25,27,29,33);2*1H/t14-,15-,16+,23?;;/m0../s1. The van der Waals surface area contributed by atoms with Crippen molar-refractivity contribution < 1.29 is 23.8 Å². The Kier molecular flexibility index (Phi) is 8.42. The fourth-order valence-corrected chi connectivity index (χ4v) is 5.22. The van der Waals surface area contributed by atoms with Gasteiger partial charge in [0.1, 0.15) is 18.1 Å². The van der Waals surface area contributed by atoms with Crippen LogP contribution in [0.1, 0.15) is 19.3 Å². The van der Waals surface area contributed by atoms with E-state index in [-0.39, 0.29) is 54.4 Å². The Balaban J connectivity index is 0.00000176. The summed E-state index contributed by atoms with van der Waals surface area (Å²) in [6.07, 6.45) is 2.62. The summed E-state index contributed by atoms with van der Waals surface area (Å²) in [5, 5.41) is 6.99. The van der Waals surface area contributed by atoms with Gasteiger partial charge in [0.05, 0.1) is 19.3 Å². The number of pyridine rings is 2. The Labute approximate surface area is 235 Å². The molecule has 0 aromatic carbocycles. The monoisotopic (exact) mass is 579 g/mol. The van der Waals surface area contributed by atoms with Gasteiger partial charge in [-0.3, -0.25) is 19.1 Å². The van der Waals surface area contributed by atoms with Crippen LogP contribution >= 0.6 is 24.8 Å². The lowest BCUT2D eigenvalue weighted by atomic mass is 9.88. The van der Waals surface area contributed by atoms with E-state index in [1.165, 1.54) is 30.6 Å². The van der Waals surface area contributed by atoms with E-state index < -0.39 is 18.2 Å². The van der Waals surface area contributed by atoms with E-state index in [4.69, 9.17) is 14.2 Å². The Morgan fingerprint density at radius 2 is 1.95 bits per heavy atom. The van der Waals surface area contributed by atoms with Crippen LogP contribution in [0, 0.1) is 0 Å². The van der Waals surface area contributed by atoms with Crippen LogP contribution in [0.3, 0.4) is 0 Å². The molecule has 3 aromatic rings. The van der Waals surface area contributed by atoms with Gasteiger partial charge in [0.15, 0.2) is 11.6 Å². The molecule has 0 radical (unpaired) electrons. The van der Waals surface area contributed by atoms with Crippen molar-refractivity contribution in [1.82, 2.24) is 29.7 Å². The smallest absolute Gasteiger partial charge is 0.413 e. The summed E-state index contributed by atoms with van der Waals surface area (Å²) in [5.41, 5.74) is 0.423. The van der Waals surface area contributed by atoms with Crippen LogP contribution in [0.5, 0.6) is 11.6 Å². The van der Waals surface area contributed by atoms with Gasteiger partial charge in [-0.25, -0.2) is 14.8 Å². The Hall–Kier alpha value is -3.68. The summed E-state index contributed by atoms with van der Waals surface area (Å²) in [5.74, 6) is 0.536. The zero-order chi connectivity index (χ0) is 25.5. The summed E-state index contributed by atoms with van der Waals surface area (Å²) < 4.78 is 18.3. The van der Waals surface area contributed by atoms with Gasteiger partial charge >= 0.3 is 6.09 Å². The molecule has 5 heterocycles. The van der Waals surface area contributed by atoms with Crippen molar-refractivity contribution in [3.63, 3.8) is 0 Å². The number of aromatic nitrogens is 4. The summed E-state index contributed by atoms with van der Waals surface area (Å²) in [6.45, 7) is 0.951. The molecule has 1 saturated heterocycles. The van der Waals surface area contributed by atoms with Gasteiger partial charge in [-0.15, -0.1) is 24.8 Å². The molecule has 208 valence electrons. The van der Waals surface area contributed by atoms with Crippen LogP contribution in [0.15, 0.2) is 41.6 Å². The Morgan fingerprint density at radius 3 is 2.77 bits per heavy atom. The third kappa shape index (κ3) is 5.29. The number of nitrogens with one attached hydrogen (secondary N) is 2. The molecule has 4 atom stereocenters. The van der Waals surface area contributed by atoms with Crippen LogP contribution < -0.4 is 25.7 Å². The van der Waals surface area contributed by atoms with Crippen LogP contribution in [0.25, 0.3) is 11.0 Å². The van der Waals surface area contributed by atoms with Crippen LogP contribution in [0.2, 0.25) is 0 Å². The first-order valence-corrected chi connectivity index (χ1v) is 12.1. The highest BCUT2D eigenvalue weighted by Crippen LogP contribution is 2.36. The molecule has 3 aliphatic rings. The molecule has 3 aromatic heterocycles. The second-order valence-electron chi connectivity index (χ2n) is 9.15. The SMILES string of the molecule is COc1ccc2ccc(=O)n(CCN[C@H]3CC[C@H]4[C@@H](C3)OC(=O)N4C3Oc4cncnc4NC3=O)c2n1.Cl.Cl. The molecule has 1 saturated carbocycles. The average molecular weight is 580 g/mol. The molecule has 2 fully saturated rings. The van der Waals surface area contributed by atoms with Crippen LogP contribution in [-0.2, 0) is 16.1 Å². The summed E-state index contributed by atoms with van der Waals surface area (Å²) >= 11 is 0. The van der Waals surface area contributed by atoms with E-state index in [2.05, 4.69) is 25.6 Å². The van der Waals surface area contributed by atoms with Gasteiger partial charge in [-0.05, 0) is 25.0 Å². The average Bonchev–Trinajstić information content (AvgIpc) is 3.23. The normalized spacial score (nSPS) is 23.4. The predicted molar refractivity (Wildman–Crippen MR) is 144 cm³/mol. The third-order valence-electron chi connectivity index (χ3n) is 7.00. The highest BCUT2D eigenvalue weighted by atomic mass is 35.5. The van der Waals surface area contributed by atoms with E-state index >= 15 is 0 Å². The lowest BCUT2D eigenvalue weighted by Gasteiger charge is -2.37. The molecule has 1 aliphatic carbocycles. The van der Waals surface area contributed by atoms with Gasteiger partial charge < -0.3 is 24.8 Å².